The highest BCUT2D eigenvalue weighted by Crippen LogP contribution is 2.45. The van der Waals surface area contributed by atoms with Crippen molar-refractivity contribution in [1.82, 2.24) is 10.2 Å². The molecule has 5 nitrogen and oxygen atoms in total. The zero-order valence-corrected chi connectivity index (χ0v) is 12.9. The van der Waals surface area contributed by atoms with Crippen molar-refractivity contribution in [2.75, 3.05) is 13.1 Å². The van der Waals surface area contributed by atoms with Crippen molar-refractivity contribution in [2.45, 2.75) is 43.7 Å². The molecule has 1 unspecified atom stereocenters. The number of rotatable bonds is 4. The minimum atomic E-state index is -1.01. The second kappa shape index (κ2) is 6.28. The van der Waals surface area contributed by atoms with Gasteiger partial charge in [-0.2, -0.15) is 0 Å². The minimum absolute atomic E-state index is 0.0625. The molecule has 2 fully saturated rings. The number of nitrogens with one attached hydrogen (secondary N) is 1. The van der Waals surface area contributed by atoms with Gasteiger partial charge < -0.3 is 15.3 Å². The fourth-order valence-electron chi connectivity index (χ4n) is 3.12. The number of halogens is 1. The molecule has 0 aromatic heterocycles. The van der Waals surface area contributed by atoms with Gasteiger partial charge >= 0.3 is 0 Å². The van der Waals surface area contributed by atoms with E-state index < -0.39 is 11.6 Å². The minimum Gasteiger partial charge on any atom is -0.383 e. The van der Waals surface area contributed by atoms with Crippen molar-refractivity contribution in [3.8, 4) is 0 Å². The number of hydrogen-bond donors (Lipinski definition) is 2. The Morgan fingerprint density at radius 3 is 2.87 bits per heavy atom. The lowest BCUT2D eigenvalue weighted by atomic mass is 10.0. The molecule has 124 valence electrons. The number of likely N-dealkylation sites (tertiary alicyclic amines) is 1. The average Bonchev–Trinajstić information content (AvgIpc) is 3.30. The van der Waals surface area contributed by atoms with Crippen LogP contribution >= 0.6 is 0 Å². The van der Waals surface area contributed by atoms with E-state index in [4.69, 9.17) is 0 Å². The summed E-state index contributed by atoms with van der Waals surface area (Å²) in [6, 6.07) is 6.25. The van der Waals surface area contributed by atoms with Crippen molar-refractivity contribution in [3.05, 3.63) is 35.6 Å². The maximum Gasteiger partial charge on any atom is 0.251 e. The summed E-state index contributed by atoms with van der Waals surface area (Å²) in [6.45, 7) is 0.420. The summed E-state index contributed by atoms with van der Waals surface area (Å²) in [5.74, 6) is -0.976. The standard InChI is InChI=1S/C17H21FN2O3/c18-13-5-3-4-12(10-13)17(7-8-17)19-15(22)11-20-9-2-1-6-14(21)16(20)23/h3-5,10,14,21H,1-2,6-9,11H2,(H,19,22). The highest BCUT2D eigenvalue weighted by molar-refractivity contribution is 5.87. The fourth-order valence-corrected chi connectivity index (χ4v) is 3.12. The van der Waals surface area contributed by atoms with Crippen LogP contribution in [-0.2, 0) is 15.1 Å². The topological polar surface area (TPSA) is 69.6 Å². The van der Waals surface area contributed by atoms with E-state index in [0.29, 0.717) is 13.0 Å². The van der Waals surface area contributed by atoms with Gasteiger partial charge in [0.2, 0.25) is 5.91 Å². The summed E-state index contributed by atoms with van der Waals surface area (Å²) in [6.07, 6.45) is 2.52. The van der Waals surface area contributed by atoms with E-state index in [1.165, 1.54) is 17.0 Å². The molecule has 2 N–H and O–H groups in total. The van der Waals surface area contributed by atoms with Crippen molar-refractivity contribution < 1.29 is 19.1 Å². The van der Waals surface area contributed by atoms with E-state index in [2.05, 4.69) is 5.32 Å². The largest absolute Gasteiger partial charge is 0.383 e. The Hall–Kier alpha value is -1.95. The number of aliphatic hydroxyl groups is 1. The summed E-state index contributed by atoms with van der Waals surface area (Å²) >= 11 is 0. The first-order chi connectivity index (χ1) is 11.0. The quantitative estimate of drug-likeness (QED) is 0.879. The van der Waals surface area contributed by atoms with E-state index >= 15 is 0 Å². The lowest BCUT2D eigenvalue weighted by Gasteiger charge is -2.24. The molecule has 1 aromatic rings. The molecule has 1 saturated heterocycles. The van der Waals surface area contributed by atoms with Gasteiger partial charge in [-0.25, -0.2) is 4.39 Å². The number of carbonyl (C=O) groups is 2. The smallest absolute Gasteiger partial charge is 0.251 e. The summed E-state index contributed by atoms with van der Waals surface area (Å²) < 4.78 is 13.4. The number of aliphatic hydroxyl groups excluding tert-OH is 1. The van der Waals surface area contributed by atoms with Crippen molar-refractivity contribution in [2.24, 2.45) is 0 Å². The van der Waals surface area contributed by atoms with Gasteiger partial charge in [0.05, 0.1) is 12.1 Å². The summed E-state index contributed by atoms with van der Waals surface area (Å²) in [7, 11) is 0. The summed E-state index contributed by atoms with van der Waals surface area (Å²) in [5, 5.41) is 12.7. The van der Waals surface area contributed by atoms with Gasteiger partial charge in [-0.1, -0.05) is 12.1 Å². The number of nitrogens with zero attached hydrogens (tertiary/aromatic N) is 1. The Morgan fingerprint density at radius 2 is 2.17 bits per heavy atom. The lowest BCUT2D eigenvalue weighted by Crippen LogP contribution is -2.46. The van der Waals surface area contributed by atoms with Crippen molar-refractivity contribution in [1.29, 1.82) is 0 Å². The molecular weight excluding hydrogens is 299 g/mol. The van der Waals surface area contributed by atoms with Crippen LogP contribution in [0.15, 0.2) is 24.3 Å². The number of benzene rings is 1. The Bertz CT molecular complexity index is 616. The van der Waals surface area contributed by atoms with Crippen LogP contribution < -0.4 is 5.32 Å². The van der Waals surface area contributed by atoms with E-state index in [1.54, 1.807) is 12.1 Å². The fraction of sp³-hybridized carbons (Fsp3) is 0.529. The molecule has 1 aliphatic carbocycles. The first-order valence-corrected chi connectivity index (χ1v) is 8.04. The molecule has 1 aliphatic heterocycles. The highest BCUT2D eigenvalue weighted by atomic mass is 19.1. The van der Waals surface area contributed by atoms with Crippen molar-refractivity contribution in [3.63, 3.8) is 0 Å². The Balaban J connectivity index is 1.64. The SMILES string of the molecule is O=C(CN1CCCCC(O)C1=O)NC1(c2cccc(F)c2)CC1. The molecule has 1 aromatic carbocycles. The summed E-state index contributed by atoms with van der Waals surface area (Å²) in [5.41, 5.74) is 0.250. The molecule has 0 bridgehead atoms. The van der Waals surface area contributed by atoms with Gasteiger partial charge in [0.25, 0.3) is 5.91 Å². The maximum absolute atomic E-state index is 13.4. The highest BCUT2D eigenvalue weighted by Gasteiger charge is 2.46. The summed E-state index contributed by atoms with van der Waals surface area (Å²) in [4.78, 5) is 25.7. The number of carbonyl (C=O) groups excluding carboxylic acids is 2. The van der Waals surface area contributed by atoms with Gasteiger partial charge in [0.15, 0.2) is 0 Å². The monoisotopic (exact) mass is 320 g/mol. The van der Waals surface area contributed by atoms with Crippen LogP contribution in [-0.4, -0.2) is 41.0 Å². The number of amides is 2. The van der Waals surface area contributed by atoms with Crippen molar-refractivity contribution >= 4 is 11.8 Å². The molecule has 6 heteroatoms. The van der Waals surface area contributed by atoms with Gasteiger partial charge in [0.1, 0.15) is 11.9 Å². The van der Waals surface area contributed by atoms with E-state index in [0.717, 1.165) is 31.2 Å². The third-order valence-corrected chi connectivity index (χ3v) is 4.59. The molecule has 1 saturated carbocycles. The molecule has 2 aliphatic rings. The van der Waals surface area contributed by atoms with E-state index in [1.807, 2.05) is 0 Å². The Kier molecular flexibility index (Phi) is 4.35. The van der Waals surface area contributed by atoms with E-state index in [9.17, 15) is 19.1 Å². The average molecular weight is 320 g/mol. The first kappa shape index (κ1) is 15.9. The Labute approximate surface area is 134 Å². The zero-order chi connectivity index (χ0) is 16.4. The predicted octanol–water partition coefficient (Wildman–Crippen LogP) is 1.30. The van der Waals surface area contributed by atoms with Gasteiger partial charge in [-0.3, -0.25) is 9.59 Å². The predicted molar refractivity (Wildman–Crippen MR) is 81.9 cm³/mol. The molecule has 0 radical (unpaired) electrons. The molecule has 23 heavy (non-hydrogen) atoms. The third-order valence-electron chi connectivity index (χ3n) is 4.59. The second-order valence-corrected chi connectivity index (χ2v) is 6.41. The van der Waals surface area contributed by atoms with Crippen LogP contribution in [0.2, 0.25) is 0 Å². The molecule has 1 atom stereocenters. The maximum atomic E-state index is 13.4. The normalized spacial score (nSPS) is 23.3. The molecule has 0 spiro atoms. The third kappa shape index (κ3) is 3.52. The van der Waals surface area contributed by atoms with Crippen LogP contribution in [0.1, 0.15) is 37.7 Å². The van der Waals surface area contributed by atoms with Crippen LogP contribution in [0.3, 0.4) is 0 Å². The van der Waals surface area contributed by atoms with Crippen LogP contribution in [0, 0.1) is 5.82 Å². The second-order valence-electron chi connectivity index (χ2n) is 6.41. The Morgan fingerprint density at radius 1 is 1.39 bits per heavy atom. The van der Waals surface area contributed by atoms with Gasteiger partial charge in [0, 0.05) is 6.54 Å². The number of hydrogen-bond acceptors (Lipinski definition) is 3. The molecular formula is C17H21FN2O3. The zero-order valence-electron chi connectivity index (χ0n) is 12.9. The van der Waals surface area contributed by atoms with Crippen LogP contribution in [0.5, 0.6) is 0 Å². The van der Waals surface area contributed by atoms with Gasteiger partial charge in [-0.05, 0) is 49.8 Å². The molecule has 3 rings (SSSR count). The van der Waals surface area contributed by atoms with Crippen LogP contribution in [0.25, 0.3) is 0 Å². The molecule has 1 heterocycles. The first-order valence-electron chi connectivity index (χ1n) is 8.04. The lowest BCUT2D eigenvalue weighted by molar-refractivity contribution is -0.142. The molecule has 2 amide bonds. The van der Waals surface area contributed by atoms with Crippen LogP contribution in [0.4, 0.5) is 4.39 Å². The van der Waals surface area contributed by atoms with E-state index in [-0.39, 0.29) is 24.2 Å². The van der Waals surface area contributed by atoms with Gasteiger partial charge in [-0.15, -0.1) is 0 Å².